The maximum absolute atomic E-state index is 12.1. The van der Waals surface area contributed by atoms with Crippen molar-refractivity contribution in [1.29, 1.82) is 0 Å². The summed E-state index contributed by atoms with van der Waals surface area (Å²) in [4.78, 5) is 12.1. The molecule has 1 N–H and O–H groups in total. The third-order valence-electron chi connectivity index (χ3n) is 3.94. The van der Waals surface area contributed by atoms with Gasteiger partial charge in [0.1, 0.15) is 0 Å². The molecule has 0 aromatic heterocycles. The molecule has 0 aromatic carbocycles. The largest absolute Gasteiger partial charge is 0.353 e. The maximum Gasteiger partial charge on any atom is 0.227 e. The standard InChI is InChI=1S/C14H26ClNO/c1-10(2)11-7-5-6-8-12(11)16-13(17)14(3,4)9-15/h10-12H,5-9H2,1-4H3,(H,16,17). The van der Waals surface area contributed by atoms with E-state index in [0.29, 0.717) is 23.8 Å². The summed E-state index contributed by atoms with van der Waals surface area (Å²) in [5.74, 6) is 1.74. The Morgan fingerprint density at radius 2 is 1.94 bits per heavy atom. The van der Waals surface area contributed by atoms with E-state index < -0.39 is 5.41 Å². The van der Waals surface area contributed by atoms with Crippen LogP contribution in [0.4, 0.5) is 0 Å². The molecular formula is C14H26ClNO. The number of amides is 1. The van der Waals surface area contributed by atoms with Crippen LogP contribution in [-0.2, 0) is 4.79 Å². The van der Waals surface area contributed by atoms with Crippen LogP contribution in [0.25, 0.3) is 0 Å². The minimum Gasteiger partial charge on any atom is -0.353 e. The van der Waals surface area contributed by atoms with E-state index in [1.807, 2.05) is 13.8 Å². The Balaban J connectivity index is 2.62. The molecular weight excluding hydrogens is 234 g/mol. The van der Waals surface area contributed by atoms with Crippen LogP contribution in [-0.4, -0.2) is 17.8 Å². The van der Waals surface area contributed by atoms with Crippen LogP contribution in [0.5, 0.6) is 0 Å². The first-order chi connectivity index (χ1) is 7.88. The molecule has 2 unspecified atom stereocenters. The molecule has 1 aliphatic rings. The smallest absolute Gasteiger partial charge is 0.227 e. The number of nitrogens with one attached hydrogen (secondary N) is 1. The second kappa shape index (κ2) is 6.08. The second-order valence-corrected chi connectivity index (χ2v) is 6.56. The predicted molar refractivity (Wildman–Crippen MR) is 73.2 cm³/mol. The van der Waals surface area contributed by atoms with Gasteiger partial charge in [-0.1, -0.05) is 26.7 Å². The van der Waals surface area contributed by atoms with Gasteiger partial charge in [-0.05, 0) is 38.5 Å². The quantitative estimate of drug-likeness (QED) is 0.769. The molecule has 0 spiro atoms. The Kier molecular flexibility index (Phi) is 5.30. The first kappa shape index (κ1) is 14.8. The van der Waals surface area contributed by atoms with Gasteiger partial charge in [0.2, 0.25) is 5.91 Å². The van der Waals surface area contributed by atoms with Crippen LogP contribution in [0.2, 0.25) is 0 Å². The van der Waals surface area contributed by atoms with E-state index >= 15 is 0 Å². The first-order valence-corrected chi connectivity index (χ1v) is 7.29. The third kappa shape index (κ3) is 3.87. The van der Waals surface area contributed by atoms with Crippen LogP contribution in [0, 0.1) is 17.3 Å². The summed E-state index contributed by atoms with van der Waals surface area (Å²) < 4.78 is 0. The van der Waals surface area contributed by atoms with Crippen LogP contribution in [0.3, 0.4) is 0 Å². The lowest BCUT2D eigenvalue weighted by molar-refractivity contribution is -0.129. The summed E-state index contributed by atoms with van der Waals surface area (Å²) in [6.45, 7) is 8.31. The number of carbonyl (C=O) groups excluding carboxylic acids is 1. The summed E-state index contributed by atoms with van der Waals surface area (Å²) in [6.07, 6.45) is 4.89. The van der Waals surface area contributed by atoms with Gasteiger partial charge >= 0.3 is 0 Å². The van der Waals surface area contributed by atoms with Gasteiger partial charge in [-0.15, -0.1) is 11.6 Å². The molecule has 0 bridgehead atoms. The molecule has 0 aliphatic heterocycles. The average Bonchev–Trinajstić information content (AvgIpc) is 2.29. The summed E-state index contributed by atoms with van der Waals surface area (Å²) in [6, 6.07) is 0.346. The minimum atomic E-state index is -0.458. The minimum absolute atomic E-state index is 0.102. The number of hydrogen-bond donors (Lipinski definition) is 1. The summed E-state index contributed by atoms with van der Waals surface area (Å²) in [5, 5.41) is 3.22. The lowest BCUT2D eigenvalue weighted by atomic mass is 9.77. The predicted octanol–water partition coefficient (Wildman–Crippen LogP) is 3.58. The van der Waals surface area contributed by atoms with Crippen molar-refractivity contribution in [2.24, 2.45) is 17.3 Å². The molecule has 17 heavy (non-hydrogen) atoms. The van der Waals surface area contributed by atoms with Crippen LogP contribution in [0.1, 0.15) is 53.4 Å². The Morgan fingerprint density at radius 3 is 2.47 bits per heavy atom. The lowest BCUT2D eigenvalue weighted by Crippen LogP contribution is -2.49. The molecule has 1 saturated carbocycles. The van der Waals surface area contributed by atoms with E-state index in [2.05, 4.69) is 19.2 Å². The summed E-state index contributed by atoms with van der Waals surface area (Å²) >= 11 is 5.84. The van der Waals surface area contributed by atoms with Crippen LogP contribution < -0.4 is 5.32 Å². The molecule has 2 nitrogen and oxygen atoms in total. The highest BCUT2D eigenvalue weighted by Gasteiger charge is 2.33. The van der Waals surface area contributed by atoms with E-state index in [1.54, 1.807) is 0 Å². The van der Waals surface area contributed by atoms with Crippen molar-refractivity contribution >= 4 is 17.5 Å². The fourth-order valence-electron chi connectivity index (χ4n) is 2.56. The molecule has 3 heteroatoms. The normalized spacial score (nSPS) is 26.0. The van der Waals surface area contributed by atoms with Crippen molar-refractivity contribution in [3.8, 4) is 0 Å². The first-order valence-electron chi connectivity index (χ1n) is 6.75. The highest BCUT2D eigenvalue weighted by molar-refractivity contribution is 6.19. The Labute approximate surface area is 110 Å². The molecule has 0 heterocycles. The maximum atomic E-state index is 12.1. The number of halogens is 1. The van der Waals surface area contributed by atoms with E-state index in [-0.39, 0.29) is 5.91 Å². The van der Waals surface area contributed by atoms with E-state index in [4.69, 9.17) is 11.6 Å². The average molecular weight is 260 g/mol. The number of hydrogen-bond acceptors (Lipinski definition) is 1. The van der Waals surface area contributed by atoms with Crippen molar-refractivity contribution in [2.45, 2.75) is 59.4 Å². The zero-order chi connectivity index (χ0) is 13.1. The summed E-state index contributed by atoms with van der Waals surface area (Å²) in [5.41, 5.74) is -0.458. The van der Waals surface area contributed by atoms with Crippen molar-refractivity contribution in [1.82, 2.24) is 5.32 Å². The van der Waals surface area contributed by atoms with Crippen LogP contribution in [0.15, 0.2) is 0 Å². The zero-order valence-corrected chi connectivity index (χ0v) is 12.3. The molecule has 0 saturated heterocycles. The second-order valence-electron chi connectivity index (χ2n) is 6.29. The molecule has 0 aromatic rings. The van der Waals surface area contributed by atoms with Crippen molar-refractivity contribution in [3.63, 3.8) is 0 Å². The molecule has 1 amide bonds. The summed E-state index contributed by atoms with van der Waals surface area (Å²) in [7, 11) is 0. The molecule has 1 aliphatic carbocycles. The van der Waals surface area contributed by atoms with Crippen LogP contribution >= 0.6 is 11.6 Å². The van der Waals surface area contributed by atoms with Crippen molar-refractivity contribution in [2.75, 3.05) is 5.88 Å². The van der Waals surface area contributed by atoms with Gasteiger partial charge in [-0.2, -0.15) is 0 Å². The van der Waals surface area contributed by atoms with Crippen molar-refractivity contribution in [3.05, 3.63) is 0 Å². The highest BCUT2D eigenvalue weighted by Crippen LogP contribution is 2.31. The van der Waals surface area contributed by atoms with Gasteiger partial charge in [-0.25, -0.2) is 0 Å². The zero-order valence-electron chi connectivity index (χ0n) is 11.6. The number of alkyl halides is 1. The Morgan fingerprint density at radius 1 is 1.35 bits per heavy atom. The molecule has 0 radical (unpaired) electrons. The molecule has 100 valence electrons. The SMILES string of the molecule is CC(C)C1CCCCC1NC(=O)C(C)(C)CCl. The fraction of sp³-hybridized carbons (Fsp3) is 0.929. The monoisotopic (exact) mass is 259 g/mol. The Bertz CT molecular complexity index is 263. The van der Waals surface area contributed by atoms with Gasteiger partial charge in [0, 0.05) is 11.9 Å². The Hall–Kier alpha value is -0.240. The lowest BCUT2D eigenvalue weighted by Gasteiger charge is -2.36. The van der Waals surface area contributed by atoms with Gasteiger partial charge in [0.25, 0.3) is 0 Å². The van der Waals surface area contributed by atoms with Crippen molar-refractivity contribution < 1.29 is 4.79 Å². The molecule has 1 fully saturated rings. The van der Waals surface area contributed by atoms with E-state index in [1.165, 1.54) is 19.3 Å². The van der Waals surface area contributed by atoms with Gasteiger partial charge < -0.3 is 5.32 Å². The molecule has 2 atom stereocenters. The fourth-order valence-corrected chi connectivity index (χ4v) is 2.68. The number of carbonyl (C=O) groups is 1. The molecule has 1 rings (SSSR count). The van der Waals surface area contributed by atoms with E-state index in [0.717, 1.165) is 6.42 Å². The number of rotatable bonds is 4. The van der Waals surface area contributed by atoms with E-state index in [9.17, 15) is 4.79 Å². The van der Waals surface area contributed by atoms with Gasteiger partial charge in [0.15, 0.2) is 0 Å². The van der Waals surface area contributed by atoms with Gasteiger partial charge in [0.05, 0.1) is 5.41 Å². The topological polar surface area (TPSA) is 29.1 Å². The third-order valence-corrected chi connectivity index (χ3v) is 4.61. The highest BCUT2D eigenvalue weighted by atomic mass is 35.5. The van der Waals surface area contributed by atoms with Gasteiger partial charge in [-0.3, -0.25) is 4.79 Å².